The first-order valence-corrected chi connectivity index (χ1v) is 11.7. The highest BCUT2D eigenvalue weighted by molar-refractivity contribution is 6.31. The molecule has 38 heavy (non-hydrogen) atoms. The van der Waals surface area contributed by atoms with Crippen molar-refractivity contribution in [3.63, 3.8) is 0 Å². The van der Waals surface area contributed by atoms with Gasteiger partial charge >= 0.3 is 18.3 Å². The minimum atomic E-state index is -5.83. The molecular formula is C26H20ClF8NO2. The smallest absolute Gasteiger partial charge is 0.458 e. The van der Waals surface area contributed by atoms with Crippen molar-refractivity contribution in [2.24, 2.45) is 0 Å². The Bertz CT molecular complexity index is 1310. The third-order valence-corrected chi connectivity index (χ3v) is 6.31. The molecule has 0 N–H and O–H groups in total. The molecule has 3 aromatic carbocycles. The summed E-state index contributed by atoms with van der Waals surface area (Å²) in [5, 5.41) is 0.543. The van der Waals surface area contributed by atoms with Crippen LogP contribution in [0.3, 0.4) is 0 Å². The minimum Gasteiger partial charge on any atom is -0.477 e. The lowest BCUT2D eigenvalue weighted by Gasteiger charge is -2.37. The Morgan fingerprint density at radius 3 is 2.26 bits per heavy atom. The third kappa shape index (κ3) is 5.77. The van der Waals surface area contributed by atoms with Gasteiger partial charge in [0.2, 0.25) is 6.10 Å². The number of alkyl halides is 8. The summed E-state index contributed by atoms with van der Waals surface area (Å²) >= 11 is 6.12. The molecule has 1 aliphatic heterocycles. The second-order valence-electron chi connectivity index (χ2n) is 8.64. The number of ether oxygens (including phenoxy) is 2. The maximum absolute atomic E-state index is 13.9. The van der Waals surface area contributed by atoms with Gasteiger partial charge in [-0.3, -0.25) is 0 Å². The molecule has 0 amide bonds. The van der Waals surface area contributed by atoms with E-state index < -0.39 is 43.0 Å². The van der Waals surface area contributed by atoms with Crippen molar-refractivity contribution in [3.05, 3.63) is 82.4 Å². The van der Waals surface area contributed by atoms with Gasteiger partial charge < -0.3 is 14.4 Å². The van der Waals surface area contributed by atoms with Crippen LogP contribution in [0.5, 0.6) is 17.2 Å². The summed E-state index contributed by atoms with van der Waals surface area (Å²) in [5.41, 5.74) is -0.386. The van der Waals surface area contributed by atoms with Crippen molar-refractivity contribution in [1.29, 1.82) is 0 Å². The number of benzene rings is 3. The molecule has 0 radical (unpaired) electrons. The molecule has 0 bridgehead atoms. The van der Waals surface area contributed by atoms with Crippen LogP contribution in [0, 0.1) is 0 Å². The van der Waals surface area contributed by atoms with E-state index in [1.807, 2.05) is 6.92 Å². The van der Waals surface area contributed by atoms with Crippen LogP contribution in [-0.4, -0.2) is 25.0 Å². The van der Waals surface area contributed by atoms with E-state index >= 15 is 0 Å². The zero-order valence-electron chi connectivity index (χ0n) is 19.6. The van der Waals surface area contributed by atoms with E-state index in [-0.39, 0.29) is 22.7 Å². The molecule has 1 atom stereocenters. The van der Waals surface area contributed by atoms with Crippen LogP contribution in [0.15, 0.2) is 60.7 Å². The van der Waals surface area contributed by atoms with Crippen LogP contribution in [-0.2, 0) is 18.9 Å². The second kappa shape index (κ2) is 10.2. The van der Waals surface area contributed by atoms with E-state index in [2.05, 4.69) is 0 Å². The lowest BCUT2D eigenvalue weighted by molar-refractivity contribution is -0.289. The molecule has 4 rings (SSSR count). The summed E-state index contributed by atoms with van der Waals surface area (Å²) < 4.78 is 118. The van der Waals surface area contributed by atoms with E-state index in [9.17, 15) is 35.1 Å². The Balaban J connectivity index is 1.68. The normalized spacial score (nSPS) is 16.2. The largest absolute Gasteiger partial charge is 0.477 e. The first-order chi connectivity index (χ1) is 17.7. The SMILES string of the molecule is CCc1cc(Oc2ccc3c(c2)N(Cc2cccc(C(F)(F)C(F)(F)F)c2)C[C@H](C(F)(F)F)O3)ccc1Cl. The van der Waals surface area contributed by atoms with Crippen LogP contribution in [0.4, 0.5) is 40.8 Å². The number of fused-ring (bicyclic) bond motifs is 1. The number of anilines is 1. The highest BCUT2D eigenvalue weighted by Crippen LogP contribution is 2.45. The third-order valence-electron chi connectivity index (χ3n) is 5.94. The Hall–Kier alpha value is -3.21. The van der Waals surface area contributed by atoms with E-state index in [1.54, 1.807) is 18.2 Å². The molecule has 0 aromatic heterocycles. The Labute approximate surface area is 217 Å². The first-order valence-electron chi connectivity index (χ1n) is 11.3. The quantitative estimate of drug-likeness (QED) is 0.279. The maximum atomic E-state index is 13.9. The van der Waals surface area contributed by atoms with Gasteiger partial charge in [-0.1, -0.05) is 36.7 Å². The predicted molar refractivity (Wildman–Crippen MR) is 125 cm³/mol. The molecule has 204 valence electrons. The molecule has 0 saturated carbocycles. The van der Waals surface area contributed by atoms with Crippen LogP contribution in [0.25, 0.3) is 0 Å². The van der Waals surface area contributed by atoms with Gasteiger partial charge in [0.05, 0.1) is 12.2 Å². The molecule has 0 saturated heterocycles. The van der Waals surface area contributed by atoms with Crippen LogP contribution < -0.4 is 14.4 Å². The Morgan fingerprint density at radius 2 is 1.61 bits per heavy atom. The van der Waals surface area contributed by atoms with Crippen molar-refractivity contribution in [3.8, 4) is 17.2 Å². The molecule has 1 heterocycles. The van der Waals surface area contributed by atoms with Crippen LogP contribution >= 0.6 is 11.6 Å². The van der Waals surface area contributed by atoms with Gasteiger partial charge in [0, 0.05) is 23.2 Å². The van der Waals surface area contributed by atoms with Gasteiger partial charge in [-0.25, -0.2) is 0 Å². The van der Waals surface area contributed by atoms with E-state index in [0.29, 0.717) is 29.3 Å². The Morgan fingerprint density at radius 1 is 0.921 bits per heavy atom. The van der Waals surface area contributed by atoms with E-state index in [4.69, 9.17) is 21.1 Å². The molecule has 0 unspecified atom stereocenters. The van der Waals surface area contributed by atoms with Gasteiger partial charge in [-0.05, 0) is 53.9 Å². The Kier molecular flexibility index (Phi) is 7.44. The average molecular weight is 566 g/mol. The number of hydrogen-bond acceptors (Lipinski definition) is 3. The van der Waals surface area contributed by atoms with Crippen molar-refractivity contribution in [2.75, 3.05) is 11.4 Å². The molecule has 1 aliphatic rings. The number of aryl methyl sites for hydroxylation is 1. The van der Waals surface area contributed by atoms with Crippen molar-refractivity contribution >= 4 is 17.3 Å². The molecule has 0 aliphatic carbocycles. The number of rotatable bonds is 6. The van der Waals surface area contributed by atoms with Gasteiger partial charge in [-0.15, -0.1) is 0 Å². The number of hydrogen-bond donors (Lipinski definition) is 0. The number of nitrogens with zero attached hydrogens (tertiary/aromatic N) is 1. The standard InChI is InChI=1S/C26H20ClF8NO2/c1-2-16-11-18(6-8-20(16)27)37-19-7-9-22-21(12-19)36(14-23(38-22)25(30,31)32)13-15-4-3-5-17(10-15)24(28,29)26(33,34)35/h3-12,23H,2,13-14H2,1H3/t23-/m1/s1. The molecule has 3 nitrogen and oxygen atoms in total. The summed E-state index contributed by atoms with van der Waals surface area (Å²) in [4.78, 5) is 1.20. The predicted octanol–water partition coefficient (Wildman–Crippen LogP) is 8.68. The van der Waals surface area contributed by atoms with Crippen molar-refractivity contribution in [1.82, 2.24) is 0 Å². The fraction of sp³-hybridized carbons (Fsp3) is 0.308. The summed E-state index contributed by atoms with van der Waals surface area (Å²) in [7, 11) is 0. The molecule has 0 fully saturated rings. The minimum absolute atomic E-state index is 0.0446. The summed E-state index contributed by atoms with van der Waals surface area (Å²) in [6.07, 6.45) is -12.2. The van der Waals surface area contributed by atoms with Gasteiger partial charge in [-0.2, -0.15) is 35.1 Å². The van der Waals surface area contributed by atoms with Gasteiger partial charge in [0.15, 0.2) is 0 Å². The first kappa shape index (κ1) is 27.8. The molecular weight excluding hydrogens is 546 g/mol. The van der Waals surface area contributed by atoms with Crippen LogP contribution in [0.2, 0.25) is 5.02 Å². The van der Waals surface area contributed by atoms with Crippen LogP contribution in [0.1, 0.15) is 23.6 Å². The van der Waals surface area contributed by atoms with Crippen molar-refractivity contribution in [2.45, 2.75) is 44.3 Å². The zero-order valence-corrected chi connectivity index (χ0v) is 20.4. The molecule has 3 aromatic rings. The highest BCUT2D eigenvalue weighted by Gasteiger charge is 2.58. The lowest BCUT2D eigenvalue weighted by Crippen LogP contribution is -2.47. The lowest BCUT2D eigenvalue weighted by atomic mass is 10.0. The molecule has 0 spiro atoms. The fourth-order valence-corrected chi connectivity index (χ4v) is 4.24. The summed E-state index contributed by atoms with van der Waals surface area (Å²) in [6, 6.07) is 12.6. The molecule has 12 heteroatoms. The monoisotopic (exact) mass is 565 g/mol. The number of halogens is 9. The van der Waals surface area contributed by atoms with E-state index in [0.717, 1.165) is 11.6 Å². The van der Waals surface area contributed by atoms with E-state index in [1.165, 1.54) is 29.2 Å². The highest BCUT2D eigenvalue weighted by atomic mass is 35.5. The summed E-state index contributed by atoms with van der Waals surface area (Å²) in [6.45, 7) is 0.783. The topological polar surface area (TPSA) is 21.7 Å². The van der Waals surface area contributed by atoms with Crippen molar-refractivity contribution < 1.29 is 44.6 Å². The average Bonchev–Trinajstić information content (AvgIpc) is 2.84. The van der Waals surface area contributed by atoms with Gasteiger partial charge in [0.25, 0.3) is 0 Å². The second-order valence-corrected chi connectivity index (χ2v) is 9.05. The summed E-state index contributed by atoms with van der Waals surface area (Å²) in [5.74, 6) is -4.61. The zero-order chi connectivity index (χ0) is 27.9. The van der Waals surface area contributed by atoms with Gasteiger partial charge in [0.1, 0.15) is 17.2 Å². The maximum Gasteiger partial charge on any atom is 0.458 e. The fourth-order valence-electron chi connectivity index (χ4n) is 3.99.